The van der Waals surface area contributed by atoms with E-state index in [0.29, 0.717) is 0 Å². The third-order valence-corrected chi connectivity index (χ3v) is 5.93. The lowest BCUT2D eigenvalue weighted by atomic mass is 9.85. The van der Waals surface area contributed by atoms with Crippen LogP contribution in [0, 0.1) is 12.8 Å². The molecule has 0 bridgehead atoms. The van der Waals surface area contributed by atoms with Crippen molar-refractivity contribution in [2.45, 2.75) is 37.1 Å². The smallest absolute Gasteiger partial charge is 0.272 e. The molecule has 0 radical (unpaired) electrons. The highest BCUT2D eigenvalue weighted by atomic mass is 32.2. The van der Waals surface area contributed by atoms with Gasteiger partial charge in [0.2, 0.25) is 0 Å². The molecule has 1 fully saturated rings. The van der Waals surface area contributed by atoms with Crippen LogP contribution >= 0.6 is 0 Å². The molecule has 1 aliphatic carbocycles. The molecule has 3 rings (SSSR count). The minimum Gasteiger partial charge on any atom is -0.272 e. The lowest BCUT2D eigenvalue weighted by Crippen LogP contribution is -2.62. The fourth-order valence-electron chi connectivity index (χ4n) is 2.87. The van der Waals surface area contributed by atoms with Crippen molar-refractivity contribution in [1.82, 2.24) is 9.84 Å². The minimum atomic E-state index is -3.87. The van der Waals surface area contributed by atoms with Gasteiger partial charge in [-0.05, 0) is 38.3 Å². The van der Waals surface area contributed by atoms with E-state index in [4.69, 9.17) is 0 Å². The van der Waals surface area contributed by atoms with Crippen LogP contribution in [0.25, 0.3) is 0 Å². The van der Waals surface area contributed by atoms with Crippen LogP contribution in [0.5, 0.6) is 0 Å². The van der Waals surface area contributed by atoms with Crippen LogP contribution in [-0.2, 0) is 14.8 Å². The molecule has 1 aromatic carbocycles. The highest BCUT2D eigenvalue weighted by Gasteiger charge is 2.47. The number of benzene rings is 1. The number of allylic oxidation sites excluding steroid dienone is 1. The number of hydrogen-bond donors (Lipinski definition) is 1. The van der Waals surface area contributed by atoms with Gasteiger partial charge in [-0.15, -0.1) is 0 Å². The van der Waals surface area contributed by atoms with E-state index in [-0.39, 0.29) is 17.2 Å². The van der Waals surface area contributed by atoms with E-state index in [9.17, 15) is 13.2 Å². The summed E-state index contributed by atoms with van der Waals surface area (Å²) < 4.78 is 26.1. The number of nitrogens with one attached hydrogen (secondary N) is 1. The first kappa shape index (κ1) is 14.3. The van der Waals surface area contributed by atoms with Crippen molar-refractivity contribution in [3.8, 4) is 0 Å². The van der Waals surface area contributed by atoms with Gasteiger partial charge < -0.3 is 0 Å². The largest absolute Gasteiger partial charge is 0.280 e. The molecule has 1 N–H and O–H groups in total. The number of sulfonamides is 1. The van der Waals surface area contributed by atoms with E-state index in [0.717, 1.165) is 16.4 Å². The summed E-state index contributed by atoms with van der Waals surface area (Å²) in [5.74, 6) is -0.281. The van der Waals surface area contributed by atoms with Gasteiger partial charge >= 0.3 is 0 Å². The number of nitrogens with zero attached hydrogens (tertiary/aromatic N) is 1. The maximum absolute atomic E-state index is 12.7. The van der Waals surface area contributed by atoms with Crippen LogP contribution in [-0.4, -0.2) is 24.3 Å². The second-order valence-corrected chi connectivity index (χ2v) is 7.70. The molecule has 1 aromatic rings. The maximum atomic E-state index is 12.7. The van der Waals surface area contributed by atoms with E-state index in [2.05, 4.69) is 5.43 Å². The average molecular weight is 306 g/mol. The van der Waals surface area contributed by atoms with E-state index >= 15 is 0 Å². The summed E-state index contributed by atoms with van der Waals surface area (Å²) in [6.45, 7) is 3.81. The van der Waals surface area contributed by atoms with Crippen molar-refractivity contribution in [2.75, 3.05) is 0 Å². The molecule has 2 aliphatic rings. The Bertz CT molecular complexity index is 709. The maximum Gasteiger partial charge on any atom is 0.280 e. The fourth-order valence-corrected chi connectivity index (χ4v) is 4.22. The zero-order chi connectivity index (χ0) is 15.3. The molecule has 1 heterocycles. The second-order valence-electron chi connectivity index (χ2n) is 5.91. The van der Waals surface area contributed by atoms with Gasteiger partial charge in [-0.3, -0.25) is 4.79 Å². The van der Waals surface area contributed by atoms with Crippen LogP contribution in [0.15, 0.2) is 41.3 Å². The van der Waals surface area contributed by atoms with Gasteiger partial charge in [0.1, 0.15) is 0 Å². The lowest BCUT2D eigenvalue weighted by Gasteiger charge is -2.41. The Labute approximate surface area is 124 Å². The Morgan fingerprint density at radius 3 is 2.62 bits per heavy atom. The van der Waals surface area contributed by atoms with Gasteiger partial charge in [-0.25, -0.2) is 5.43 Å². The van der Waals surface area contributed by atoms with Crippen molar-refractivity contribution < 1.29 is 13.2 Å². The molecule has 0 spiro atoms. The highest BCUT2D eigenvalue weighted by Crippen LogP contribution is 2.37. The summed E-state index contributed by atoms with van der Waals surface area (Å²) in [5.41, 5.74) is 3.39. The van der Waals surface area contributed by atoms with Crippen molar-refractivity contribution in [1.29, 1.82) is 0 Å². The topological polar surface area (TPSA) is 66.5 Å². The predicted octanol–water partition coefficient (Wildman–Crippen LogP) is 1.76. The second kappa shape index (κ2) is 4.68. The van der Waals surface area contributed by atoms with Gasteiger partial charge in [-0.2, -0.15) is 12.8 Å². The summed E-state index contributed by atoms with van der Waals surface area (Å²) in [5, 5.41) is 0. The Morgan fingerprint density at radius 1 is 1.29 bits per heavy atom. The third-order valence-electron chi connectivity index (χ3n) is 4.28. The normalized spacial score (nSPS) is 28.8. The molecule has 6 heteroatoms. The van der Waals surface area contributed by atoms with E-state index in [1.54, 1.807) is 12.1 Å². The molecule has 5 nitrogen and oxygen atoms in total. The Kier molecular flexibility index (Phi) is 3.18. The van der Waals surface area contributed by atoms with Gasteiger partial charge in [0.05, 0.1) is 10.4 Å². The molecule has 1 saturated heterocycles. The molecular weight excluding hydrogens is 288 g/mol. The number of carbonyl (C=O) groups excluding carboxylic acids is 1. The predicted molar refractivity (Wildman–Crippen MR) is 78.6 cm³/mol. The molecule has 21 heavy (non-hydrogen) atoms. The number of fused-ring (bicyclic) bond motifs is 1. The first-order valence-electron chi connectivity index (χ1n) is 6.93. The molecule has 0 unspecified atom stereocenters. The zero-order valence-electron chi connectivity index (χ0n) is 12.0. The average Bonchev–Trinajstić information content (AvgIpc) is 2.79. The Hall–Kier alpha value is -1.66. The van der Waals surface area contributed by atoms with Crippen molar-refractivity contribution >= 4 is 15.9 Å². The molecule has 0 aromatic heterocycles. The van der Waals surface area contributed by atoms with Crippen molar-refractivity contribution in [3.63, 3.8) is 0 Å². The zero-order valence-corrected chi connectivity index (χ0v) is 12.9. The summed E-state index contributed by atoms with van der Waals surface area (Å²) in [4.78, 5) is 12.3. The summed E-state index contributed by atoms with van der Waals surface area (Å²) in [6, 6.07) is 6.50. The van der Waals surface area contributed by atoms with Crippen LogP contribution < -0.4 is 5.43 Å². The number of hydrogen-bond acceptors (Lipinski definition) is 4. The van der Waals surface area contributed by atoms with Gasteiger partial charge in [0.25, 0.3) is 15.9 Å². The van der Waals surface area contributed by atoms with Crippen molar-refractivity contribution in [3.05, 3.63) is 42.0 Å². The van der Waals surface area contributed by atoms with E-state index < -0.39 is 21.5 Å². The minimum absolute atomic E-state index is 0.120. The third kappa shape index (κ3) is 2.28. The van der Waals surface area contributed by atoms with E-state index in [1.807, 2.05) is 26.0 Å². The molecule has 112 valence electrons. The molecule has 1 aliphatic heterocycles. The van der Waals surface area contributed by atoms with Crippen LogP contribution in [0.2, 0.25) is 0 Å². The monoisotopic (exact) mass is 306 g/mol. The van der Waals surface area contributed by atoms with Gasteiger partial charge in [0, 0.05) is 6.42 Å². The lowest BCUT2D eigenvalue weighted by molar-refractivity contribution is -0.135. The molecule has 2 atom stereocenters. The molecule has 0 saturated carbocycles. The standard InChI is InChI=1S/C15H18N2O3S/c1-11-5-7-13(8-6-11)21(19,20)17-14(18)10-12-4-3-9-15(12,2)16-17/h3,5-9,12,16H,4,10H2,1-2H3/t12-,15-/m0/s1. The first-order chi connectivity index (χ1) is 9.83. The quantitative estimate of drug-likeness (QED) is 0.846. The number of carbonyl (C=O) groups is 1. The summed E-state index contributed by atoms with van der Waals surface area (Å²) >= 11 is 0. The Balaban J connectivity index is 1.96. The van der Waals surface area contributed by atoms with Crippen LogP contribution in [0.3, 0.4) is 0 Å². The fraction of sp³-hybridized carbons (Fsp3) is 0.400. The van der Waals surface area contributed by atoms with Crippen molar-refractivity contribution in [2.24, 2.45) is 5.92 Å². The number of hydrazine groups is 1. The Morgan fingerprint density at radius 2 is 1.95 bits per heavy atom. The highest BCUT2D eigenvalue weighted by molar-refractivity contribution is 7.89. The van der Waals surface area contributed by atoms with Gasteiger partial charge in [0.15, 0.2) is 0 Å². The number of amides is 1. The molecule has 1 amide bonds. The number of aryl methyl sites for hydroxylation is 1. The van der Waals surface area contributed by atoms with Crippen LogP contribution in [0.1, 0.15) is 25.3 Å². The number of rotatable bonds is 2. The SMILES string of the molecule is Cc1ccc(S(=O)(=O)N2N[C@@]3(C)C=CC[C@H]3CC2=O)cc1. The molecular formula is C15H18N2O3S. The summed E-state index contributed by atoms with van der Waals surface area (Å²) in [7, 11) is -3.87. The first-order valence-corrected chi connectivity index (χ1v) is 8.37. The van der Waals surface area contributed by atoms with Gasteiger partial charge in [-0.1, -0.05) is 29.8 Å². The summed E-state index contributed by atoms with van der Waals surface area (Å²) in [6.07, 6.45) is 4.98. The van der Waals surface area contributed by atoms with E-state index in [1.165, 1.54) is 12.1 Å². The van der Waals surface area contributed by atoms with Crippen LogP contribution in [0.4, 0.5) is 0 Å².